The van der Waals surface area contributed by atoms with Crippen LogP contribution in [0.3, 0.4) is 0 Å². The van der Waals surface area contributed by atoms with E-state index in [-0.39, 0.29) is 0 Å². The normalized spacial score (nSPS) is 11.9. The van der Waals surface area contributed by atoms with Gasteiger partial charge >= 0.3 is 0 Å². The largest absolute Gasteiger partial charge is 0.0882 e. The van der Waals surface area contributed by atoms with Crippen LogP contribution < -0.4 is 0 Å². The van der Waals surface area contributed by atoms with Crippen molar-refractivity contribution < 1.29 is 0 Å². The Balaban J connectivity index is 3.14. The Hall–Kier alpha value is -0.520. The van der Waals surface area contributed by atoms with Crippen LogP contribution in [0, 0.1) is 0 Å². The van der Waals surface area contributed by atoms with Crippen LogP contribution >= 0.6 is 0 Å². The first-order valence-electron chi connectivity index (χ1n) is 6.71. The minimum Gasteiger partial charge on any atom is -0.0882 e. The summed E-state index contributed by atoms with van der Waals surface area (Å²) in [6.45, 7) is 4.51. The SMILES string of the molecule is CCCCCC=CCC=CCCCCC. The van der Waals surface area contributed by atoms with E-state index in [1.54, 1.807) is 0 Å². The third kappa shape index (κ3) is 13.5. The average molecular weight is 208 g/mol. The van der Waals surface area contributed by atoms with Crippen LogP contribution in [0.1, 0.15) is 71.6 Å². The Kier molecular flexibility index (Phi) is 13.0. The van der Waals surface area contributed by atoms with Gasteiger partial charge in [0.05, 0.1) is 0 Å². The Morgan fingerprint density at radius 2 is 1.07 bits per heavy atom. The molecule has 0 fully saturated rings. The second kappa shape index (κ2) is 13.5. The monoisotopic (exact) mass is 208 g/mol. The van der Waals surface area contributed by atoms with Crippen molar-refractivity contribution >= 4 is 0 Å². The number of hydrogen-bond acceptors (Lipinski definition) is 0. The first-order chi connectivity index (χ1) is 7.41. The van der Waals surface area contributed by atoms with Gasteiger partial charge in [-0.25, -0.2) is 0 Å². The minimum absolute atomic E-state index is 1.12. The summed E-state index contributed by atoms with van der Waals surface area (Å²) >= 11 is 0. The second-order valence-electron chi connectivity index (χ2n) is 4.17. The van der Waals surface area contributed by atoms with Crippen LogP contribution in [-0.2, 0) is 0 Å². The third-order valence-corrected chi connectivity index (χ3v) is 2.55. The van der Waals surface area contributed by atoms with Gasteiger partial charge in [-0.1, -0.05) is 63.8 Å². The molecule has 0 aliphatic rings. The highest BCUT2D eigenvalue weighted by atomic mass is 13.9. The number of unbranched alkanes of at least 4 members (excludes halogenated alkanes) is 6. The Labute approximate surface area is 96.5 Å². The van der Waals surface area contributed by atoms with Crippen molar-refractivity contribution in [3.05, 3.63) is 24.3 Å². The van der Waals surface area contributed by atoms with E-state index in [9.17, 15) is 0 Å². The summed E-state index contributed by atoms with van der Waals surface area (Å²) in [5, 5.41) is 0. The highest BCUT2D eigenvalue weighted by Gasteiger charge is 1.82. The highest BCUT2D eigenvalue weighted by Crippen LogP contribution is 2.02. The molecule has 0 spiro atoms. The molecular weight excluding hydrogens is 180 g/mol. The van der Waals surface area contributed by atoms with Crippen molar-refractivity contribution in [2.75, 3.05) is 0 Å². The predicted molar refractivity (Wildman–Crippen MR) is 71.2 cm³/mol. The number of allylic oxidation sites excluding steroid dienone is 4. The molecule has 0 rings (SSSR count). The van der Waals surface area contributed by atoms with Crippen molar-refractivity contribution in [1.82, 2.24) is 0 Å². The summed E-state index contributed by atoms with van der Waals surface area (Å²) in [6, 6.07) is 0. The highest BCUT2D eigenvalue weighted by molar-refractivity contribution is 4.92. The van der Waals surface area contributed by atoms with Gasteiger partial charge in [-0.3, -0.25) is 0 Å². The summed E-state index contributed by atoms with van der Waals surface area (Å²) in [7, 11) is 0. The van der Waals surface area contributed by atoms with Gasteiger partial charge in [0.2, 0.25) is 0 Å². The van der Waals surface area contributed by atoms with E-state index in [1.165, 1.54) is 51.4 Å². The molecule has 0 saturated heterocycles. The quantitative estimate of drug-likeness (QED) is 0.321. The van der Waals surface area contributed by atoms with Gasteiger partial charge in [0, 0.05) is 0 Å². The van der Waals surface area contributed by atoms with Crippen LogP contribution in [0.4, 0.5) is 0 Å². The van der Waals surface area contributed by atoms with Crippen molar-refractivity contribution in [3.63, 3.8) is 0 Å². The van der Waals surface area contributed by atoms with Gasteiger partial charge in [-0.05, 0) is 32.1 Å². The summed E-state index contributed by atoms with van der Waals surface area (Å²) in [6.07, 6.45) is 21.0. The zero-order valence-electron chi connectivity index (χ0n) is 10.7. The van der Waals surface area contributed by atoms with E-state index >= 15 is 0 Å². The van der Waals surface area contributed by atoms with Gasteiger partial charge in [0.25, 0.3) is 0 Å². The molecule has 0 aromatic carbocycles. The molecule has 0 aromatic rings. The fourth-order valence-corrected chi connectivity index (χ4v) is 1.53. The van der Waals surface area contributed by atoms with Gasteiger partial charge in [0.15, 0.2) is 0 Å². The molecule has 0 nitrogen and oxygen atoms in total. The summed E-state index contributed by atoms with van der Waals surface area (Å²) in [5.74, 6) is 0. The van der Waals surface area contributed by atoms with Gasteiger partial charge in [0.1, 0.15) is 0 Å². The van der Waals surface area contributed by atoms with Crippen molar-refractivity contribution in [2.45, 2.75) is 71.6 Å². The van der Waals surface area contributed by atoms with E-state index in [2.05, 4.69) is 38.2 Å². The summed E-state index contributed by atoms with van der Waals surface area (Å²) in [4.78, 5) is 0. The molecule has 0 aromatic heterocycles. The van der Waals surface area contributed by atoms with Crippen molar-refractivity contribution in [2.24, 2.45) is 0 Å². The van der Waals surface area contributed by atoms with Crippen molar-refractivity contribution in [3.8, 4) is 0 Å². The molecule has 88 valence electrons. The van der Waals surface area contributed by atoms with Gasteiger partial charge < -0.3 is 0 Å². The topological polar surface area (TPSA) is 0 Å². The molecule has 0 aliphatic heterocycles. The van der Waals surface area contributed by atoms with Crippen LogP contribution in [0.2, 0.25) is 0 Å². The fraction of sp³-hybridized carbons (Fsp3) is 0.733. The van der Waals surface area contributed by atoms with E-state index in [0.717, 1.165) is 6.42 Å². The molecule has 0 radical (unpaired) electrons. The molecule has 0 unspecified atom stereocenters. The maximum Gasteiger partial charge on any atom is -0.0169 e. The molecule has 0 saturated carbocycles. The van der Waals surface area contributed by atoms with E-state index in [1.807, 2.05) is 0 Å². The molecule has 0 N–H and O–H groups in total. The third-order valence-electron chi connectivity index (χ3n) is 2.55. The first kappa shape index (κ1) is 14.5. The second-order valence-corrected chi connectivity index (χ2v) is 4.17. The average Bonchev–Trinajstić information content (AvgIpc) is 2.26. The molecule has 15 heavy (non-hydrogen) atoms. The lowest BCUT2D eigenvalue weighted by atomic mass is 10.2. The van der Waals surface area contributed by atoms with Crippen LogP contribution in [-0.4, -0.2) is 0 Å². The Bertz CT molecular complexity index is 135. The first-order valence-corrected chi connectivity index (χ1v) is 6.71. The smallest absolute Gasteiger partial charge is 0.0169 e. The predicted octanol–water partition coefficient (Wildman–Crippen LogP) is 5.65. The lowest BCUT2D eigenvalue weighted by molar-refractivity contribution is 0.727. The molecule has 0 bridgehead atoms. The number of hydrogen-bond donors (Lipinski definition) is 0. The lowest BCUT2D eigenvalue weighted by Gasteiger charge is -1.92. The minimum atomic E-state index is 1.12. The fourth-order valence-electron chi connectivity index (χ4n) is 1.53. The standard InChI is InChI=1S/C15H28/c1-3-5-7-9-11-13-15-14-12-10-8-6-4-2/h11-14H,3-10,15H2,1-2H3. The van der Waals surface area contributed by atoms with E-state index in [4.69, 9.17) is 0 Å². The number of rotatable bonds is 10. The lowest BCUT2D eigenvalue weighted by Crippen LogP contribution is -1.71. The van der Waals surface area contributed by atoms with Gasteiger partial charge in [-0.2, -0.15) is 0 Å². The van der Waals surface area contributed by atoms with Crippen LogP contribution in [0.25, 0.3) is 0 Å². The Morgan fingerprint density at radius 1 is 0.600 bits per heavy atom. The zero-order chi connectivity index (χ0) is 11.2. The van der Waals surface area contributed by atoms with Crippen molar-refractivity contribution in [1.29, 1.82) is 0 Å². The van der Waals surface area contributed by atoms with Crippen LogP contribution in [0.5, 0.6) is 0 Å². The molecule has 0 aliphatic carbocycles. The maximum atomic E-state index is 2.33. The molecule has 0 atom stereocenters. The zero-order valence-corrected chi connectivity index (χ0v) is 10.7. The molecule has 0 heteroatoms. The van der Waals surface area contributed by atoms with Gasteiger partial charge in [-0.15, -0.1) is 0 Å². The van der Waals surface area contributed by atoms with E-state index < -0.39 is 0 Å². The van der Waals surface area contributed by atoms with Crippen LogP contribution in [0.15, 0.2) is 24.3 Å². The maximum absolute atomic E-state index is 2.33. The molecule has 0 amide bonds. The summed E-state index contributed by atoms with van der Waals surface area (Å²) < 4.78 is 0. The molecular formula is C15H28. The summed E-state index contributed by atoms with van der Waals surface area (Å²) in [5.41, 5.74) is 0. The Morgan fingerprint density at radius 3 is 1.47 bits per heavy atom. The van der Waals surface area contributed by atoms with E-state index in [0.29, 0.717) is 0 Å². The molecule has 0 heterocycles.